The van der Waals surface area contributed by atoms with Gasteiger partial charge in [-0.15, -0.1) is 0 Å². The smallest absolute Gasteiger partial charge is 0.410 e. The molecule has 1 N–H and O–H groups in total. The van der Waals surface area contributed by atoms with Gasteiger partial charge in [-0.05, 0) is 24.8 Å². The Morgan fingerprint density at radius 3 is 2.90 bits per heavy atom. The molecule has 1 aromatic rings. The Morgan fingerprint density at radius 2 is 2.10 bits per heavy atom. The van der Waals surface area contributed by atoms with Gasteiger partial charge in [0.05, 0.1) is 5.60 Å². The zero-order valence-electron chi connectivity index (χ0n) is 12.3. The standard InChI is InChI=1S/C17H23NO3/c19-16(21-13-14-6-2-1-3-7-14)18-11-10-17(20)9-5-4-8-15(17)12-18/h1-3,6-7,15,20H,4-5,8-13H2. The molecule has 2 fully saturated rings. The molecular formula is C17H23NO3. The van der Waals surface area contributed by atoms with E-state index in [-0.39, 0.29) is 12.0 Å². The summed E-state index contributed by atoms with van der Waals surface area (Å²) in [5.74, 6) is 0.212. The highest BCUT2D eigenvalue weighted by Crippen LogP contribution is 2.39. The Labute approximate surface area is 125 Å². The number of benzene rings is 1. The van der Waals surface area contributed by atoms with E-state index in [0.717, 1.165) is 31.2 Å². The van der Waals surface area contributed by atoms with Crippen LogP contribution in [-0.4, -0.2) is 34.8 Å². The van der Waals surface area contributed by atoms with E-state index < -0.39 is 5.60 Å². The molecule has 1 saturated heterocycles. The first kappa shape index (κ1) is 14.4. The Kier molecular flexibility index (Phi) is 4.15. The lowest BCUT2D eigenvalue weighted by molar-refractivity contribution is -0.0918. The molecule has 4 heteroatoms. The number of likely N-dealkylation sites (tertiary alicyclic amines) is 1. The van der Waals surface area contributed by atoms with Gasteiger partial charge >= 0.3 is 6.09 Å². The number of carbonyl (C=O) groups is 1. The maximum absolute atomic E-state index is 12.2. The fourth-order valence-corrected chi connectivity index (χ4v) is 3.55. The van der Waals surface area contributed by atoms with Crippen LogP contribution in [0, 0.1) is 5.92 Å². The largest absolute Gasteiger partial charge is 0.445 e. The molecular weight excluding hydrogens is 266 g/mol. The van der Waals surface area contributed by atoms with Gasteiger partial charge in [-0.1, -0.05) is 43.2 Å². The van der Waals surface area contributed by atoms with Crippen LogP contribution < -0.4 is 0 Å². The van der Waals surface area contributed by atoms with Crippen LogP contribution in [0.25, 0.3) is 0 Å². The number of carbonyl (C=O) groups excluding carboxylic acids is 1. The van der Waals surface area contributed by atoms with E-state index in [1.807, 2.05) is 30.3 Å². The van der Waals surface area contributed by atoms with Crippen molar-refractivity contribution >= 4 is 6.09 Å². The minimum atomic E-state index is -0.547. The van der Waals surface area contributed by atoms with Gasteiger partial charge in [0, 0.05) is 19.0 Å². The summed E-state index contributed by atoms with van der Waals surface area (Å²) in [5.41, 5.74) is 0.450. The van der Waals surface area contributed by atoms with Gasteiger partial charge in [-0.25, -0.2) is 4.79 Å². The number of hydrogen-bond donors (Lipinski definition) is 1. The lowest BCUT2D eigenvalue weighted by atomic mass is 9.71. The van der Waals surface area contributed by atoms with Crippen LogP contribution in [0.5, 0.6) is 0 Å². The summed E-state index contributed by atoms with van der Waals surface area (Å²) in [6, 6.07) is 9.71. The third-order valence-electron chi connectivity index (χ3n) is 4.89. The van der Waals surface area contributed by atoms with Gasteiger partial charge in [0.15, 0.2) is 0 Å². The number of piperidine rings is 1. The molecule has 114 valence electrons. The normalized spacial score (nSPS) is 28.8. The number of hydrogen-bond acceptors (Lipinski definition) is 3. The van der Waals surface area contributed by atoms with E-state index in [1.165, 1.54) is 0 Å². The van der Waals surface area contributed by atoms with Gasteiger partial charge in [0.25, 0.3) is 0 Å². The highest BCUT2D eigenvalue weighted by atomic mass is 16.6. The number of amides is 1. The van der Waals surface area contributed by atoms with E-state index in [2.05, 4.69) is 0 Å². The molecule has 1 aromatic carbocycles. The molecule has 0 aromatic heterocycles. The number of aliphatic hydroxyl groups is 1. The molecule has 2 aliphatic rings. The van der Waals surface area contributed by atoms with Crippen LogP contribution in [0.2, 0.25) is 0 Å². The topological polar surface area (TPSA) is 49.8 Å². The Hall–Kier alpha value is -1.55. The monoisotopic (exact) mass is 289 g/mol. The van der Waals surface area contributed by atoms with Crippen molar-refractivity contribution in [2.75, 3.05) is 13.1 Å². The van der Waals surface area contributed by atoms with Crippen molar-refractivity contribution in [3.63, 3.8) is 0 Å². The first-order valence-electron chi connectivity index (χ1n) is 7.85. The highest BCUT2D eigenvalue weighted by Gasteiger charge is 2.44. The summed E-state index contributed by atoms with van der Waals surface area (Å²) in [6.07, 6.45) is 4.57. The van der Waals surface area contributed by atoms with E-state index >= 15 is 0 Å². The van der Waals surface area contributed by atoms with Crippen LogP contribution in [0.3, 0.4) is 0 Å². The predicted molar refractivity (Wildman–Crippen MR) is 79.7 cm³/mol. The van der Waals surface area contributed by atoms with E-state index in [1.54, 1.807) is 4.90 Å². The second-order valence-electron chi connectivity index (χ2n) is 6.28. The molecule has 2 unspecified atom stereocenters. The Morgan fingerprint density at radius 1 is 1.29 bits per heavy atom. The minimum Gasteiger partial charge on any atom is -0.445 e. The number of fused-ring (bicyclic) bond motifs is 1. The summed E-state index contributed by atoms with van der Waals surface area (Å²) in [4.78, 5) is 13.9. The minimum absolute atomic E-state index is 0.212. The van der Waals surface area contributed by atoms with Crippen LogP contribution in [0.15, 0.2) is 30.3 Å². The second kappa shape index (κ2) is 6.06. The number of rotatable bonds is 2. The molecule has 2 atom stereocenters. The summed E-state index contributed by atoms with van der Waals surface area (Å²) >= 11 is 0. The molecule has 1 aliphatic carbocycles. The summed E-state index contributed by atoms with van der Waals surface area (Å²) in [5, 5.41) is 10.6. The first-order chi connectivity index (χ1) is 10.2. The molecule has 0 spiro atoms. The molecule has 1 saturated carbocycles. The van der Waals surface area contributed by atoms with Crippen molar-refractivity contribution in [1.82, 2.24) is 4.90 Å². The average molecular weight is 289 g/mol. The molecule has 4 nitrogen and oxygen atoms in total. The second-order valence-corrected chi connectivity index (χ2v) is 6.28. The van der Waals surface area contributed by atoms with Gasteiger partial charge < -0.3 is 14.7 Å². The van der Waals surface area contributed by atoms with Gasteiger partial charge in [0.2, 0.25) is 0 Å². The van der Waals surface area contributed by atoms with Gasteiger partial charge in [0.1, 0.15) is 6.61 Å². The Balaban J connectivity index is 1.54. The zero-order chi connectivity index (χ0) is 14.7. The van der Waals surface area contributed by atoms with Gasteiger partial charge in [-0.3, -0.25) is 0 Å². The number of nitrogens with zero attached hydrogens (tertiary/aromatic N) is 1. The third-order valence-corrected chi connectivity index (χ3v) is 4.89. The maximum atomic E-state index is 12.2. The third kappa shape index (κ3) is 3.21. The molecule has 3 rings (SSSR count). The fraction of sp³-hybridized carbons (Fsp3) is 0.588. The van der Waals surface area contributed by atoms with Crippen LogP contribution in [-0.2, 0) is 11.3 Å². The molecule has 0 radical (unpaired) electrons. The summed E-state index contributed by atoms with van der Waals surface area (Å²) < 4.78 is 5.39. The first-order valence-corrected chi connectivity index (χ1v) is 7.85. The quantitative estimate of drug-likeness (QED) is 0.910. The number of ether oxygens (including phenoxy) is 1. The van der Waals surface area contributed by atoms with Crippen LogP contribution in [0.1, 0.15) is 37.7 Å². The van der Waals surface area contributed by atoms with Crippen molar-refractivity contribution in [2.45, 2.75) is 44.3 Å². The lowest BCUT2D eigenvalue weighted by Crippen LogP contribution is -2.54. The fourth-order valence-electron chi connectivity index (χ4n) is 3.55. The van der Waals surface area contributed by atoms with Crippen molar-refractivity contribution in [1.29, 1.82) is 0 Å². The molecule has 1 heterocycles. The summed E-state index contributed by atoms with van der Waals surface area (Å²) in [6.45, 7) is 1.54. The summed E-state index contributed by atoms with van der Waals surface area (Å²) in [7, 11) is 0. The van der Waals surface area contributed by atoms with E-state index in [9.17, 15) is 9.90 Å². The average Bonchev–Trinajstić information content (AvgIpc) is 2.52. The van der Waals surface area contributed by atoms with Crippen molar-refractivity contribution < 1.29 is 14.6 Å². The lowest BCUT2D eigenvalue weighted by Gasteiger charge is -2.46. The molecule has 1 amide bonds. The van der Waals surface area contributed by atoms with Crippen molar-refractivity contribution in [3.05, 3.63) is 35.9 Å². The Bertz CT molecular complexity index is 490. The SMILES string of the molecule is O=C(OCc1ccccc1)N1CCC2(O)CCCCC2C1. The van der Waals surface area contributed by atoms with Crippen LogP contribution >= 0.6 is 0 Å². The molecule has 0 bridgehead atoms. The van der Waals surface area contributed by atoms with Gasteiger partial charge in [-0.2, -0.15) is 0 Å². The molecule has 1 aliphatic heterocycles. The highest BCUT2D eigenvalue weighted by molar-refractivity contribution is 5.67. The van der Waals surface area contributed by atoms with E-state index in [0.29, 0.717) is 26.1 Å². The van der Waals surface area contributed by atoms with Crippen LogP contribution in [0.4, 0.5) is 4.79 Å². The molecule has 21 heavy (non-hydrogen) atoms. The van der Waals surface area contributed by atoms with Crippen molar-refractivity contribution in [2.24, 2.45) is 5.92 Å². The maximum Gasteiger partial charge on any atom is 0.410 e. The predicted octanol–water partition coefficient (Wildman–Crippen LogP) is 2.95. The van der Waals surface area contributed by atoms with Crippen molar-refractivity contribution in [3.8, 4) is 0 Å². The van der Waals surface area contributed by atoms with E-state index in [4.69, 9.17) is 4.74 Å². The zero-order valence-corrected chi connectivity index (χ0v) is 12.3.